The van der Waals surface area contributed by atoms with Gasteiger partial charge in [-0.15, -0.1) is 24.8 Å². The van der Waals surface area contributed by atoms with Gasteiger partial charge in [0, 0.05) is 18.8 Å². The second-order valence-electron chi connectivity index (χ2n) is 6.21. The van der Waals surface area contributed by atoms with Crippen molar-refractivity contribution in [1.82, 2.24) is 15.6 Å². The third kappa shape index (κ3) is 6.86. The van der Waals surface area contributed by atoms with Gasteiger partial charge >= 0.3 is 0 Å². The number of piperidine rings is 1. The predicted octanol–water partition coefficient (Wildman–Crippen LogP) is 3.87. The molecule has 0 unspecified atom stereocenters. The van der Waals surface area contributed by atoms with Gasteiger partial charge in [0.15, 0.2) is 11.5 Å². The van der Waals surface area contributed by atoms with Crippen molar-refractivity contribution in [2.24, 2.45) is 0 Å². The summed E-state index contributed by atoms with van der Waals surface area (Å²) in [5.41, 5.74) is 0.930. The summed E-state index contributed by atoms with van der Waals surface area (Å²) in [5.74, 6) is 1.86. The fourth-order valence-corrected chi connectivity index (χ4v) is 2.89. The van der Waals surface area contributed by atoms with Gasteiger partial charge in [0.05, 0.1) is 12.6 Å². The van der Waals surface area contributed by atoms with Crippen LogP contribution in [0.15, 0.2) is 42.6 Å². The number of para-hydroxylation sites is 2. The maximum Gasteiger partial charge on any atom is 0.237 e. The fraction of sp³-hybridized carbons (Fsp3) is 0.400. The number of amides is 1. The number of nitrogens with zero attached hydrogens (tertiary/aromatic N) is 1. The predicted molar refractivity (Wildman–Crippen MR) is 114 cm³/mol. The van der Waals surface area contributed by atoms with Crippen molar-refractivity contribution in [2.75, 3.05) is 13.2 Å². The standard InChI is InChI=1S/C20H25N3O3.2ClH/c1-2-25-17-8-3-4-9-18(17)26-19-11-10-15(13-22-19)14-23-20(24)16-7-5-6-12-21-16;;/h3-4,8-11,13,16,21H,2,5-7,12,14H2,1H3,(H,23,24);2*1H/t16-;;/m1../s1. The van der Waals surface area contributed by atoms with E-state index in [1.807, 2.05) is 37.3 Å². The van der Waals surface area contributed by atoms with Crippen molar-refractivity contribution in [2.45, 2.75) is 38.8 Å². The molecule has 6 nitrogen and oxygen atoms in total. The second-order valence-corrected chi connectivity index (χ2v) is 6.21. The number of nitrogens with one attached hydrogen (secondary N) is 2. The summed E-state index contributed by atoms with van der Waals surface area (Å²) in [6, 6.07) is 11.1. The molecule has 28 heavy (non-hydrogen) atoms. The summed E-state index contributed by atoms with van der Waals surface area (Å²) in [4.78, 5) is 16.5. The van der Waals surface area contributed by atoms with E-state index in [9.17, 15) is 4.79 Å². The first kappa shape index (κ1) is 24.0. The van der Waals surface area contributed by atoms with Crippen LogP contribution in [0.2, 0.25) is 0 Å². The van der Waals surface area contributed by atoms with E-state index in [-0.39, 0.29) is 36.8 Å². The molecule has 1 atom stereocenters. The largest absolute Gasteiger partial charge is 0.490 e. The van der Waals surface area contributed by atoms with Crippen molar-refractivity contribution in [1.29, 1.82) is 0 Å². The molecule has 0 spiro atoms. The monoisotopic (exact) mass is 427 g/mol. The van der Waals surface area contributed by atoms with E-state index in [2.05, 4.69) is 15.6 Å². The second kappa shape index (κ2) is 12.4. The average molecular weight is 428 g/mol. The van der Waals surface area contributed by atoms with Gasteiger partial charge in [-0.05, 0) is 44.0 Å². The molecule has 1 saturated heterocycles. The summed E-state index contributed by atoms with van der Waals surface area (Å²) in [6.45, 7) is 3.87. The SMILES string of the molecule is CCOc1ccccc1Oc1ccc(CNC(=O)[C@H]2CCCCN2)cn1.Cl.Cl. The molecule has 2 aromatic rings. The van der Waals surface area contributed by atoms with Gasteiger partial charge in [0.1, 0.15) is 0 Å². The summed E-state index contributed by atoms with van der Waals surface area (Å²) in [6.07, 6.45) is 4.85. The summed E-state index contributed by atoms with van der Waals surface area (Å²) < 4.78 is 11.4. The summed E-state index contributed by atoms with van der Waals surface area (Å²) >= 11 is 0. The fourth-order valence-electron chi connectivity index (χ4n) is 2.89. The molecule has 2 heterocycles. The van der Waals surface area contributed by atoms with Gasteiger partial charge in [-0.1, -0.05) is 24.6 Å². The highest BCUT2D eigenvalue weighted by molar-refractivity contribution is 5.85. The molecule has 0 bridgehead atoms. The lowest BCUT2D eigenvalue weighted by Gasteiger charge is -2.22. The molecule has 1 aliphatic heterocycles. The van der Waals surface area contributed by atoms with Gasteiger partial charge in [-0.25, -0.2) is 4.98 Å². The third-order valence-electron chi connectivity index (χ3n) is 4.25. The molecule has 1 aromatic heterocycles. The number of carbonyl (C=O) groups excluding carboxylic acids is 1. The van der Waals surface area contributed by atoms with Crippen LogP contribution in [-0.4, -0.2) is 30.1 Å². The summed E-state index contributed by atoms with van der Waals surface area (Å²) in [5, 5.41) is 6.21. The lowest BCUT2D eigenvalue weighted by atomic mass is 10.0. The third-order valence-corrected chi connectivity index (χ3v) is 4.25. The molecule has 0 saturated carbocycles. The number of benzene rings is 1. The van der Waals surface area contributed by atoms with Gasteiger partial charge in [0.2, 0.25) is 11.8 Å². The molecule has 1 aromatic carbocycles. The molecule has 0 radical (unpaired) electrons. The quantitative estimate of drug-likeness (QED) is 0.701. The molecule has 3 rings (SSSR count). The van der Waals surface area contributed by atoms with E-state index in [4.69, 9.17) is 9.47 Å². The molecule has 1 fully saturated rings. The number of aromatic nitrogens is 1. The van der Waals surface area contributed by atoms with Gasteiger partial charge in [-0.3, -0.25) is 4.79 Å². The van der Waals surface area contributed by atoms with Crippen molar-refractivity contribution < 1.29 is 14.3 Å². The van der Waals surface area contributed by atoms with E-state index in [1.54, 1.807) is 12.3 Å². The van der Waals surface area contributed by atoms with Crippen molar-refractivity contribution >= 4 is 30.7 Å². The van der Waals surface area contributed by atoms with Crippen molar-refractivity contribution in [3.05, 3.63) is 48.2 Å². The van der Waals surface area contributed by atoms with E-state index < -0.39 is 0 Å². The molecule has 1 amide bonds. The van der Waals surface area contributed by atoms with Crippen LogP contribution in [0.25, 0.3) is 0 Å². The first-order valence-corrected chi connectivity index (χ1v) is 9.12. The Morgan fingerprint density at radius 2 is 1.96 bits per heavy atom. The zero-order chi connectivity index (χ0) is 18.2. The number of rotatable bonds is 7. The van der Waals surface area contributed by atoms with Crippen LogP contribution in [0, 0.1) is 0 Å². The van der Waals surface area contributed by atoms with Crippen LogP contribution in [0.1, 0.15) is 31.7 Å². The van der Waals surface area contributed by atoms with E-state index in [1.165, 1.54) is 0 Å². The number of halogens is 2. The van der Waals surface area contributed by atoms with Gasteiger partial charge in [0.25, 0.3) is 0 Å². The van der Waals surface area contributed by atoms with Gasteiger partial charge in [-0.2, -0.15) is 0 Å². The van der Waals surface area contributed by atoms with E-state index in [0.717, 1.165) is 31.4 Å². The highest BCUT2D eigenvalue weighted by Gasteiger charge is 2.19. The molecule has 0 aliphatic carbocycles. The van der Waals surface area contributed by atoms with Gasteiger partial charge < -0.3 is 20.1 Å². The Kier molecular flexibility index (Phi) is 10.7. The number of hydrogen-bond donors (Lipinski definition) is 2. The molecular formula is C20H27Cl2N3O3. The average Bonchev–Trinajstić information content (AvgIpc) is 2.69. The van der Waals surface area contributed by atoms with Crippen LogP contribution in [0.4, 0.5) is 0 Å². The Bertz CT molecular complexity index is 723. The summed E-state index contributed by atoms with van der Waals surface area (Å²) in [7, 11) is 0. The normalized spacial score (nSPS) is 15.5. The molecule has 1 aliphatic rings. The minimum atomic E-state index is -0.0746. The van der Waals surface area contributed by atoms with Crippen molar-refractivity contribution in [3.63, 3.8) is 0 Å². The number of carbonyl (C=O) groups is 1. The lowest BCUT2D eigenvalue weighted by molar-refractivity contribution is -0.123. The number of ether oxygens (including phenoxy) is 2. The molecule has 2 N–H and O–H groups in total. The van der Waals surface area contributed by atoms with Crippen molar-refractivity contribution in [3.8, 4) is 17.4 Å². The first-order chi connectivity index (χ1) is 12.8. The van der Waals surface area contributed by atoms with Crippen LogP contribution in [-0.2, 0) is 11.3 Å². The first-order valence-electron chi connectivity index (χ1n) is 9.12. The molecule has 154 valence electrons. The Morgan fingerprint density at radius 3 is 2.61 bits per heavy atom. The Morgan fingerprint density at radius 1 is 1.18 bits per heavy atom. The highest BCUT2D eigenvalue weighted by Crippen LogP contribution is 2.30. The highest BCUT2D eigenvalue weighted by atomic mass is 35.5. The number of pyridine rings is 1. The minimum absolute atomic E-state index is 0. The topological polar surface area (TPSA) is 72.5 Å². The van der Waals surface area contributed by atoms with E-state index >= 15 is 0 Å². The zero-order valence-corrected chi connectivity index (χ0v) is 17.5. The maximum absolute atomic E-state index is 12.1. The Labute approximate surface area is 178 Å². The smallest absolute Gasteiger partial charge is 0.237 e. The van der Waals surface area contributed by atoms with E-state index in [0.29, 0.717) is 30.5 Å². The molecular weight excluding hydrogens is 401 g/mol. The lowest BCUT2D eigenvalue weighted by Crippen LogP contribution is -2.46. The van der Waals surface area contributed by atoms with Crippen LogP contribution < -0.4 is 20.1 Å². The number of hydrogen-bond acceptors (Lipinski definition) is 5. The molecule has 8 heteroatoms. The maximum atomic E-state index is 12.1. The Balaban J connectivity index is 0.00000196. The Hall–Kier alpha value is -2.02. The van der Waals surface area contributed by atoms with Crippen LogP contribution in [0.3, 0.4) is 0 Å². The zero-order valence-electron chi connectivity index (χ0n) is 15.8. The minimum Gasteiger partial charge on any atom is -0.490 e. The van der Waals surface area contributed by atoms with Crippen LogP contribution in [0.5, 0.6) is 17.4 Å². The van der Waals surface area contributed by atoms with Crippen LogP contribution >= 0.6 is 24.8 Å².